The lowest BCUT2D eigenvalue weighted by molar-refractivity contribution is -0.158. The van der Waals surface area contributed by atoms with Crippen LogP contribution in [0.25, 0.3) is 11.2 Å². The van der Waals surface area contributed by atoms with Crippen molar-refractivity contribution >= 4 is 71.9 Å². The molecule has 24 nitrogen and oxygen atoms in total. The fourth-order valence-corrected chi connectivity index (χ4v) is 10.2. The van der Waals surface area contributed by atoms with E-state index < -0.39 is 107 Å². The van der Waals surface area contributed by atoms with E-state index in [1.165, 1.54) is 44.7 Å². The van der Waals surface area contributed by atoms with Crippen molar-refractivity contribution in [2.45, 2.75) is 107 Å². The highest BCUT2D eigenvalue weighted by molar-refractivity contribution is 8.77. The van der Waals surface area contributed by atoms with Crippen LogP contribution < -0.4 is 22.5 Å². The molecule has 2 fully saturated rings. The average molecular weight is 912 g/mol. The van der Waals surface area contributed by atoms with Crippen LogP contribution in [0.2, 0.25) is 0 Å². The molecule has 5 heterocycles. The molecule has 328 valence electrons. The summed E-state index contributed by atoms with van der Waals surface area (Å²) in [6.07, 6.45) is -6.76. The van der Waals surface area contributed by atoms with Crippen molar-refractivity contribution in [2.75, 3.05) is 30.4 Å². The van der Waals surface area contributed by atoms with Gasteiger partial charge in [0.05, 0.1) is 31.3 Å². The van der Waals surface area contributed by atoms with Crippen LogP contribution in [-0.2, 0) is 41.9 Å². The van der Waals surface area contributed by atoms with Crippen molar-refractivity contribution in [2.24, 2.45) is 0 Å². The summed E-state index contributed by atoms with van der Waals surface area (Å²) in [5, 5.41) is 14.2. The fraction of sp³-hybridized carbons (Fsp3) is 0.645. The number of carbonyl (C=O) groups is 2. The second-order valence-electron chi connectivity index (χ2n) is 15.3. The van der Waals surface area contributed by atoms with Gasteiger partial charge in [-0.05, 0) is 26.8 Å². The zero-order chi connectivity index (χ0) is 43.7. The molecule has 9 N–H and O–H groups in total. The van der Waals surface area contributed by atoms with Crippen molar-refractivity contribution in [3.05, 3.63) is 35.4 Å². The van der Waals surface area contributed by atoms with E-state index in [2.05, 4.69) is 29.8 Å². The number of amides is 1. The number of nitrogens with two attached hydrogens (primary N) is 2. The van der Waals surface area contributed by atoms with Gasteiger partial charge in [-0.2, -0.15) is 4.98 Å². The lowest BCUT2D eigenvalue weighted by Gasteiger charge is -2.27. The van der Waals surface area contributed by atoms with Crippen molar-refractivity contribution in [3.63, 3.8) is 0 Å². The van der Waals surface area contributed by atoms with Crippen molar-refractivity contribution in [3.8, 4) is 0 Å². The minimum atomic E-state index is -5.11. The number of nitrogen functional groups attached to an aromatic ring is 2. The van der Waals surface area contributed by atoms with Crippen LogP contribution in [-0.4, -0.2) is 126 Å². The number of fused-ring (bicyclic) bond motifs is 1. The summed E-state index contributed by atoms with van der Waals surface area (Å²) in [7, 11) is -7.37. The van der Waals surface area contributed by atoms with Gasteiger partial charge >= 0.3 is 33.2 Å². The largest absolute Gasteiger partial charge is 0.469 e. The molecule has 2 saturated heterocycles. The molecule has 2 aliphatic heterocycles. The predicted octanol–water partition coefficient (Wildman–Crippen LogP) is 1.46. The lowest BCUT2D eigenvalue weighted by Crippen LogP contribution is -2.49. The quantitative estimate of drug-likeness (QED) is 0.0644. The van der Waals surface area contributed by atoms with E-state index in [0.29, 0.717) is 0 Å². The molecular weight excluding hydrogens is 864 g/mol. The number of alkyl carbamates (subject to hydrolysis) is 1. The minimum Gasteiger partial charge on any atom is -0.455 e. The Morgan fingerprint density at radius 3 is 2.37 bits per heavy atom. The van der Waals surface area contributed by atoms with Crippen LogP contribution in [0.3, 0.4) is 0 Å². The van der Waals surface area contributed by atoms with Crippen LogP contribution in [0.5, 0.6) is 0 Å². The number of hydrogen-bond acceptors (Lipinski definition) is 20. The van der Waals surface area contributed by atoms with Crippen molar-refractivity contribution in [1.29, 1.82) is 0 Å². The first-order chi connectivity index (χ1) is 27.3. The monoisotopic (exact) mass is 911 g/mol. The van der Waals surface area contributed by atoms with Gasteiger partial charge in [-0.25, -0.2) is 33.9 Å². The molecule has 0 radical (unpaired) electrons. The Hall–Kier alpha value is -3.39. The van der Waals surface area contributed by atoms with Gasteiger partial charge in [-0.15, -0.1) is 0 Å². The van der Waals surface area contributed by atoms with Gasteiger partial charge in [-0.1, -0.05) is 42.4 Å². The van der Waals surface area contributed by atoms with Crippen molar-refractivity contribution < 1.29 is 66.5 Å². The van der Waals surface area contributed by atoms with Crippen molar-refractivity contribution in [1.82, 2.24) is 34.4 Å². The fourth-order valence-electron chi connectivity index (χ4n) is 5.87. The number of phosphoric acid groups is 1. The highest BCUT2D eigenvalue weighted by Gasteiger charge is 2.52. The van der Waals surface area contributed by atoms with E-state index in [1.807, 2.05) is 20.8 Å². The molecule has 3 aromatic rings. The highest BCUT2D eigenvalue weighted by atomic mass is 33.1. The number of esters is 1. The summed E-state index contributed by atoms with van der Waals surface area (Å²) in [6, 6.07) is -0.0503. The molecule has 0 bridgehead atoms. The summed E-state index contributed by atoms with van der Waals surface area (Å²) in [5.41, 5.74) is 8.46. The SMILES string of the molecule is CC(C)(C)OC(=O)N[C@@H](CSSC(C)(C)C)C(=O)O[C@@H]1C(COP(=O)(O)[C@H]2C[C@H](n3ccc(N)nc3=O)OC2COP(=O)(O)O)O[C@@H](n2cnc3c(N)ncnc32)[C@@H]1O. The zero-order valence-electron chi connectivity index (χ0n) is 32.6. The lowest BCUT2D eigenvalue weighted by atomic mass is 10.1. The van der Waals surface area contributed by atoms with E-state index in [1.54, 1.807) is 20.8 Å². The van der Waals surface area contributed by atoms with Gasteiger partial charge in [0.2, 0.25) is 0 Å². The molecule has 9 atom stereocenters. The van der Waals surface area contributed by atoms with Crippen LogP contribution in [0.1, 0.15) is 60.4 Å². The zero-order valence-corrected chi connectivity index (χ0v) is 36.0. The van der Waals surface area contributed by atoms with Gasteiger partial charge in [0.1, 0.15) is 47.7 Å². The number of phosphoric ester groups is 1. The van der Waals surface area contributed by atoms with Gasteiger partial charge in [0.25, 0.3) is 0 Å². The molecule has 5 rings (SSSR count). The first kappa shape index (κ1) is 46.7. The molecule has 0 aromatic carbocycles. The molecule has 3 unspecified atom stereocenters. The number of nitrogens with zero attached hydrogens (tertiary/aromatic N) is 6. The average Bonchev–Trinajstić information content (AvgIpc) is 3.81. The number of rotatable bonds is 15. The molecular formula is C31H47N9O15P2S2. The Morgan fingerprint density at radius 2 is 1.73 bits per heavy atom. The summed E-state index contributed by atoms with van der Waals surface area (Å²) in [4.78, 5) is 85.3. The number of aromatic nitrogens is 6. The molecule has 59 heavy (non-hydrogen) atoms. The minimum absolute atomic E-state index is 0.00396. The Bertz CT molecular complexity index is 2150. The van der Waals surface area contributed by atoms with Gasteiger partial charge in [0, 0.05) is 23.1 Å². The standard InChI is InChI=1S/C31H47N9O15P2S2/c1-30(2,3)55-29(44)37-15(12-58-59-31(4,5)6)27(42)54-23-17(53-26(22(23)41)40-14-36-21-24(33)34-13-35-25(21)40)11-50-56(45,46)18-9-20(39-8-7-19(32)38-28(39)43)52-16(18)10-51-57(47,48)49/h7-8,13-18,20,22-23,26,41H,9-12H2,1-6H3,(H,37,44)(H,45,46)(H2,32,38,43)(H2,33,34,35)(H2,47,48,49)/t15-,16?,17?,18-,20+,22+,23+,26+/m0/s1. The number of aliphatic hydroxyl groups is 1. The molecule has 3 aromatic heterocycles. The maximum Gasteiger partial charge on any atom is 0.469 e. The number of ether oxygens (including phenoxy) is 4. The Balaban J connectivity index is 1.42. The summed E-state index contributed by atoms with van der Waals surface area (Å²) < 4.78 is 60.9. The normalized spacial score (nSPS) is 25.4. The number of hydrogen-bond donors (Lipinski definition) is 7. The van der Waals surface area contributed by atoms with Crippen LogP contribution in [0.15, 0.2) is 29.7 Å². The third kappa shape index (κ3) is 12.4. The Labute approximate surface area is 344 Å². The third-order valence-corrected chi connectivity index (χ3v) is 14.1. The Kier molecular flexibility index (Phi) is 14.5. The molecule has 0 saturated carbocycles. The first-order valence-electron chi connectivity index (χ1n) is 17.8. The maximum atomic E-state index is 14.0. The molecule has 0 spiro atoms. The predicted molar refractivity (Wildman–Crippen MR) is 211 cm³/mol. The topological polar surface area (TPSA) is 347 Å². The van der Waals surface area contributed by atoms with E-state index in [9.17, 15) is 43.3 Å². The number of carbonyl (C=O) groups excluding carboxylic acids is 2. The van der Waals surface area contributed by atoms with E-state index in [0.717, 1.165) is 10.9 Å². The first-order valence-corrected chi connectivity index (χ1v) is 23.3. The maximum absolute atomic E-state index is 14.0. The van der Waals surface area contributed by atoms with Crippen LogP contribution in [0, 0.1) is 0 Å². The summed E-state index contributed by atoms with van der Waals surface area (Å²) in [6.45, 7) is 9.04. The number of imidazole rings is 1. The van der Waals surface area contributed by atoms with Gasteiger partial charge in [-0.3, -0.25) is 18.2 Å². The van der Waals surface area contributed by atoms with Crippen LogP contribution in [0.4, 0.5) is 16.4 Å². The van der Waals surface area contributed by atoms with E-state index >= 15 is 0 Å². The highest BCUT2D eigenvalue weighted by Crippen LogP contribution is 2.56. The third-order valence-electron chi connectivity index (χ3n) is 8.36. The Morgan fingerprint density at radius 1 is 1.03 bits per heavy atom. The second-order valence-corrected chi connectivity index (χ2v) is 21.8. The van der Waals surface area contributed by atoms with E-state index in [4.69, 9.17) is 34.9 Å². The van der Waals surface area contributed by atoms with Gasteiger partial charge in [0.15, 0.2) is 23.8 Å². The molecule has 28 heteroatoms. The smallest absolute Gasteiger partial charge is 0.455 e. The van der Waals surface area contributed by atoms with Gasteiger partial charge < -0.3 is 60.0 Å². The molecule has 0 aliphatic carbocycles. The number of anilines is 2. The molecule has 2 aliphatic rings. The number of nitrogens with one attached hydrogen (secondary N) is 1. The summed E-state index contributed by atoms with van der Waals surface area (Å²) >= 11 is 0. The van der Waals surface area contributed by atoms with E-state index in [-0.39, 0.29) is 33.3 Å². The summed E-state index contributed by atoms with van der Waals surface area (Å²) in [5.74, 6) is -1.12. The van der Waals surface area contributed by atoms with Crippen LogP contribution >= 0.6 is 37.0 Å². The second kappa shape index (κ2) is 18.3. The molecule has 1 amide bonds. The number of aliphatic hydroxyl groups excluding tert-OH is 1.